The summed E-state index contributed by atoms with van der Waals surface area (Å²) in [6.07, 6.45) is 2.78. The van der Waals surface area contributed by atoms with Gasteiger partial charge in [-0.3, -0.25) is 30.6 Å². The molecule has 9 nitrogen and oxygen atoms in total. The molecule has 0 heterocycles. The smallest absolute Gasteiger partial charge is 0.250 e. The first-order chi connectivity index (χ1) is 15.9. The zero-order valence-corrected chi connectivity index (χ0v) is 19.2. The molecule has 3 amide bonds. The summed E-state index contributed by atoms with van der Waals surface area (Å²) in [4.78, 5) is 35.9. The number of nitrogens with one attached hydrogen (secondary N) is 4. The van der Waals surface area contributed by atoms with Crippen LogP contribution in [0.25, 0.3) is 6.08 Å². The van der Waals surface area contributed by atoms with E-state index in [2.05, 4.69) is 21.5 Å². The fourth-order valence-electron chi connectivity index (χ4n) is 2.60. The molecule has 0 bridgehead atoms. The molecular weight excluding hydrogens is 444 g/mol. The Balaban J connectivity index is 1.67. The summed E-state index contributed by atoms with van der Waals surface area (Å²) < 4.78 is 10.5. The Morgan fingerprint density at radius 3 is 2.36 bits per heavy atom. The Labute approximate surface area is 197 Å². The maximum atomic E-state index is 12.0. The predicted molar refractivity (Wildman–Crippen MR) is 130 cm³/mol. The summed E-state index contributed by atoms with van der Waals surface area (Å²) in [5, 5.41) is 5.02. The first kappa shape index (κ1) is 25.3. The predicted octanol–water partition coefficient (Wildman–Crippen LogP) is 2.55. The van der Waals surface area contributed by atoms with Gasteiger partial charge >= 0.3 is 0 Å². The van der Waals surface area contributed by atoms with Crippen molar-refractivity contribution in [2.75, 3.05) is 19.0 Å². The molecule has 174 valence electrons. The molecule has 0 spiro atoms. The Morgan fingerprint density at radius 1 is 0.970 bits per heavy atom. The van der Waals surface area contributed by atoms with E-state index in [4.69, 9.17) is 21.7 Å². The van der Waals surface area contributed by atoms with Gasteiger partial charge in [-0.25, -0.2) is 0 Å². The van der Waals surface area contributed by atoms with Crippen LogP contribution in [-0.2, 0) is 14.4 Å². The number of para-hydroxylation sites is 1. The van der Waals surface area contributed by atoms with E-state index < -0.39 is 11.8 Å². The van der Waals surface area contributed by atoms with E-state index in [-0.39, 0.29) is 23.9 Å². The van der Waals surface area contributed by atoms with Gasteiger partial charge in [-0.15, -0.1) is 0 Å². The van der Waals surface area contributed by atoms with Crippen LogP contribution in [0.2, 0.25) is 0 Å². The molecule has 0 saturated heterocycles. The number of rotatable bonds is 9. The largest absolute Gasteiger partial charge is 0.496 e. The quantitative estimate of drug-likeness (QED) is 0.253. The lowest BCUT2D eigenvalue weighted by Crippen LogP contribution is -2.48. The molecule has 0 aliphatic rings. The number of anilines is 1. The Bertz CT molecular complexity index is 1010. The lowest BCUT2D eigenvalue weighted by Gasteiger charge is -2.10. The highest BCUT2D eigenvalue weighted by atomic mass is 32.1. The minimum absolute atomic E-state index is 0.0263. The highest BCUT2D eigenvalue weighted by molar-refractivity contribution is 7.80. The molecule has 33 heavy (non-hydrogen) atoms. The van der Waals surface area contributed by atoms with Crippen molar-refractivity contribution in [1.82, 2.24) is 16.2 Å². The zero-order chi connectivity index (χ0) is 24.1. The van der Waals surface area contributed by atoms with Crippen LogP contribution in [0.5, 0.6) is 11.5 Å². The number of hydrogen-bond donors (Lipinski definition) is 4. The standard InChI is InChI=1S/C23H26N4O5S/c1-3-32-18-11-9-17(10-12-18)24-20(28)14-15-22(30)26-27-23(33)25-21(29)13-8-16-6-4-5-7-19(16)31-2/h4-13H,3,14-15H2,1-2H3,(H,24,28)(H,26,30)(H2,25,27,29,33). The maximum Gasteiger partial charge on any atom is 0.250 e. The third kappa shape index (κ3) is 9.40. The van der Waals surface area contributed by atoms with Gasteiger partial charge in [-0.1, -0.05) is 18.2 Å². The van der Waals surface area contributed by atoms with Crippen LogP contribution in [0.3, 0.4) is 0 Å². The van der Waals surface area contributed by atoms with Gasteiger partial charge in [0.25, 0.3) is 0 Å². The van der Waals surface area contributed by atoms with E-state index >= 15 is 0 Å². The normalized spacial score (nSPS) is 10.2. The molecule has 2 aromatic carbocycles. The van der Waals surface area contributed by atoms with Crippen LogP contribution in [0, 0.1) is 0 Å². The lowest BCUT2D eigenvalue weighted by molar-refractivity contribution is -0.124. The average molecular weight is 471 g/mol. The molecule has 4 N–H and O–H groups in total. The summed E-state index contributed by atoms with van der Waals surface area (Å²) in [6.45, 7) is 2.44. The molecule has 0 fully saturated rings. The van der Waals surface area contributed by atoms with E-state index in [1.54, 1.807) is 42.5 Å². The van der Waals surface area contributed by atoms with Gasteiger partial charge in [0.1, 0.15) is 11.5 Å². The minimum atomic E-state index is -0.484. The van der Waals surface area contributed by atoms with Gasteiger partial charge in [0.15, 0.2) is 5.11 Å². The number of ether oxygens (including phenoxy) is 2. The number of carbonyl (C=O) groups is 3. The summed E-state index contributed by atoms with van der Waals surface area (Å²) in [7, 11) is 1.54. The second kappa shape index (κ2) is 13.5. The van der Waals surface area contributed by atoms with Gasteiger partial charge < -0.3 is 14.8 Å². The van der Waals surface area contributed by atoms with Crippen molar-refractivity contribution in [3.05, 3.63) is 60.2 Å². The van der Waals surface area contributed by atoms with Gasteiger partial charge in [0, 0.05) is 30.2 Å². The van der Waals surface area contributed by atoms with Crippen LogP contribution < -0.4 is 31.0 Å². The average Bonchev–Trinajstić information content (AvgIpc) is 2.81. The van der Waals surface area contributed by atoms with Crippen LogP contribution >= 0.6 is 12.2 Å². The molecule has 0 radical (unpaired) electrons. The van der Waals surface area contributed by atoms with Gasteiger partial charge in [-0.05, 0) is 55.5 Å². The number of benzene rings is 2. The van der Waals surface area contributed by atoms with Crippen molar-refractivity contribution in [3.63, 3.8) is 0 Å². The maximum absolute atomic E-state index is 12.0. The Hall–Kier alpha value is -3.92. The molecule has 10 heteroatoms. The van der Waals surface area contributed by atoms with Crippen molar-refractivity contribution < 1.29 is 23.9 Å². The number of hydrogen-bond acceptors (Lipinski definition) is 6. The van der Waals surface area contributed by atoms with E-state index in [1.165, 1.54) is 13.2 Å². The number of carbonyl (C=O) groups excluding carboxylic acids is 3. The van der Waals surface area contributed by atoms with Crippen molar-refractivity contribution in [2.24, 2.45) is 0 Å². The third-order valence-corrected chi connectivity index (χ3v) is 4.34. The van der Waals surface area contributed by atoms with Crippen LogP contribution in [0.4, 0.5) is 5.69 Å². The highest BCUT2D eigenvalue weighted by Gasteiger charge is 2.09. The third-order valence-electron chi connectivity index (χ3n) is 4.13. The van der Waals surface area contributed by atoms with Gasteiger partial charge in [-0.2, -0.15) is 0 Å². The van der Waals surface area contributed by atoms with Crippen LogP contribution in [0.1, 0.15) is 25.3 Å². The summed E-state index contributed by atoms with van der Waals surface area (Å²) in [5.74, 6) is 0.0763. The molecule has 2 aromatic rings. The molecule has 0 aromatic heterocycles. The summed E-state index contributed by atoms with van der Waals surface area (Å²) in [6, 6.07) is 14.1. The van der Waals surface area contributed by atoms with Crippen molar-refractivity contribution >= 4 is 46.8 Å². The summed E-state index contributed by atoms with van der Waals surface area (Å²) in [5.41, 5.74) is 6.09. The lowest BCUT2D eigenvalue weighted by atomic mass is 10.2. The second-order valence-electron chi connectivity index (χ2n) is 6.57. The number of methoxy groups -OCH3 is 1. The fourth-order valence-corrected chi connectivity index (χ4v) is 2.75. The van der Waals surface area contributed by atoms with Crippen molar-refractivity contribution in [1.29, 1.82) is 0 Å². The number of thiocarbonyl (C=S) groups is 1. The topological polar surface area (TPSA) is 118 Å². The number of hydrazine groups is 1. The highest BCUT2D eigenvalue weighted by Crippen LogP contribution is 2.18. The first-order valence-corrected chi connectivity index (χ1v) is 10.6. The van der Waals surface area contributed by atoms with Crippen LogP contribution in [-0.4, -0.2) is 36.6 Å². The van der Waals surface area contributed by atoms with Crippen molar-refractivity contribution in [3.8, 4) is 11.5 Å². The minimum Gasteiger partial charge on any atom is -0.496 e. The zero-order valence-electron chi connectivity index (χ0n) is 18.3. The SMILES string of the molecule is CCOc1ccc(NC(=O)CCC(=O)NNC(=S)NC(=O)C=Cc2ccccc2OC)cc1. The van der Waals surface area contributed by atoms with Crippen molar-refractivity contribution in [2.45, 2.75) is 19.8 Å². The first-order valence-electron chi connectivity index (χ1n) is 10.1. The molecule has 2 rings (SSSR count). The monoisotopic (exact) mass is 470 g/mol. The van der Waals surface area contributed by atoms with Gasteiger partial charge in [0.05, 0.1) is 13.7 Å². The van der Waals surface area contributed by atoms with E-state index in [0.29, 0.717) is 23.8 Å². The molecule has 0 saturated carbocycles. The molecule has 0 aliphatic carbocycles. The van der Waals surface area contributed by atoms with E-state index in [1.807, 2.05) is 19.1 Å². The van der Waals surface area contributed by atoms with Crippen LogP contribution in [0.15, 0.2) is 54.6 Å². The Morgan fingerprint density at radius 2 is 1.67 bits per heavy atom. The van der Waals surface area contributed by atoms with E-state index in [0.717, 1.165) is 5.56 Å². The number of amides is 3. The molecule has 0 atom stereocenters. The molecular formula is C23H26N4O5S. The molecule has 0 unspecified atom stereocenters. The van der Waals surface area contributed by atoms with E-state index in [9.17, 15) is 14.4 Å². The molecule has 0 aliphatic heterocycles. The Kier molecular flexibility index (Phi) is 10.4. The second-order valence-corrected chi connectivity index (χ2v) is 6.98. The summed E-state index contributed by atoms with van der Waals surface area (Å²) >= 11 is 4.97. The van der Waals surface area contributed by atoms with Gasteiger partial charge in [0.2, 0.25) is 17.7 Å². The fraction of sp³-hybridized carbons (Fsp3) is 0.217.